The number of nitrogens with zero attached hydrogens (tertiary/aromatic N) is 1. The van der Waals surface area contributed by atoms with Gasteiger partial charge < -0.3 is 19.5 Å². The van der Waals surface area contributed by atoms with E-state index in [2.05, 4.69) is 0 Å². The quantitative estimate of drug-likeness (QED) is 0.188. The van der Waals surface area contributed by atoms with Crippen LogP contribution in [-0.2, 0) is 16.2 Å². The van der Waals surface area contributed by atoms with Crippen molar-refractivity contribution in [3.05, 3.63) is 101 Å². The molecule has 1 unspecified atom stereocenters. The van der Waals surface area contributed by atoms with Crippen LogP contribution in [0.3, 0.4) is 0 Å². The topological polar surface area (TPSA) is 76.1 Å². The monoisotopic (exact) mass is 513 g/mol. The molecular formula is C32H35NO5. The molecule has 1 aliphatic rings. The highest BCUT2D eigenvalue weighted by molar-refractivity contribution is 6.46. The van der Waals surface area contributed by atoms with Crippen molar-refractivity contribution in [3.63, 3.8) is 0 Å². The number of Topliss-reactive ketones (excluding diaryl/α,β-unsaturated/α-hetero) is 1. The molecule has 1 atom stereocenters. The summed E-state index contributed by atoms with van der Waals surface area (Å²) in [4.78, 5) is 28.0. The van der Waals surface area contributed by atoms with Gasteiger partial charge in [-0.2, -0.15) is 0 Å². The van der Waals surface area contributed by atoms with Crippen LogP contribution >= 0.6 is 0 Å². The molecule has 1 aliphatic heterocycles. The third kappa shape index (κ3) is 5.91. The number of aliphatic hydroxyl groups excluding tert-OH is 1. The van der Waals surface area contributed by atoms with Crippen molar-refractivity contribution in [2.45, 2.75) is 59.3 Å². The minimum Gasteiger partial charge on any atom is -0.507 e. The Morgan fingerprint density at radius 3 is 2.45 bits per heavy atom. The van der Waals surface area contributed by atoms with Gasteiger partial charge in [-0.1, -0.05) is 55.8 Å². The lowest BCUT2D eigenvalue weighted by molar-refractivity contribution is -0.139. The molecule has 6 nitrogen and oxygen atoms in total. The molecule has 0 aliphatic carbocycles. The molecule has 3 aromatic carbocycles. The smallest absolute Gasteiger partial charge is 0.295 e. The second kappa shape index (κ2) is 12.0. The minimum absolute atomic E-state index is 0.0256. The fourth-order valence-corrected chi connectivity index (χ4v) is 4.67. The van der Waals surface area contributed by atoms with E-state index in [4.69, 9.17) is 9.47 Å². The zero-order valence-electron chi connectivity index (χ0n) is 22.4. The Kier molecular flexibility index (Phi) is 8.52. The van der Waals surface area contributed by atoms with Crippen molar-refractivity contribution >= 4 is 17.4 Å². The number of ketones is 1. The van der Waals surface area contributed by atoms with E-state index in [1.165, 1.54) is 0 Å². The van der Waals surface area contributed by atoms with Crippen molar-refractivity contribution in [3.8, 4) is 11.5 Å². The van der Waals surface area contributed by atoms with E-state index in [0.29, 0.717) is 30.2 Å². The molecule has 0 spiro atoms. The van der Waals surface area contributed by atoms with Crippen LogP contribution in [0.25, 0.3) is 5.76 Å². The number of carbonyl (C=O) groups is 2. The Morgan fingerprint density at radius 1 is 1.00 bits per heavy atom. The number of carbonyl (C=O) groups excluding carboxylic acids is 2. The van der Waals surface area contributed by atoms with Gasteiger partial charge in [0.1, 0.15) is 23.9 Å². The SMILES string of the molecule is CCCCN1C(=O)C(=O)/C(=C(/O)c2ccc(OCc3ccccc3)c(C)c2)C1c1cccc(OC(C)C)c1. The lowest BCUT2D eigenvalue weighted by atomic mass is 9.94. The fraction of sp³-hybridized carbons (Fsp3) is 0.312. The summed E-state index contributed by atoms with van der Waals surface area (Å²) in [5.74, 6) is -0.140. The second-order valence-corrected chi connectivity index (χ2v) is 9.84. The fourth-order valence-electron chi connectivity index (χ4n) is 4.67. The van der Waals surface area contributed by atoms with Gasteiger partial charge >= 0.3 is 0 Å². The number of rotatable bonds is 10. The second-order valence-electron chi connectivity index (χ2n) is 9.84. The molecule has 1 fully saturated rings. The third-order valence-corrected chi connectivity index (χ3v) is 6.52. The standard InChI is InChI=1S/C32H35NO5/c1-5-6-17-33-29(24-13-10-14-26(19-24)38-21(2)3)28(31(35)32(33)36)30(34)25-15-16-27(22(4)18-25)37-20-23-11-8-7-9-12-23/h7-16,18-19,21,29,34H,5-6,17,20H2,1-4H3/b30-28+. The Bertz CT molecular complexity index is 1330. The van der Waals surface area contributed by atoms with Gasteiger partial charge in [-0.05, 0) is 74.2 Å². The summed E-state index contributed by atoms with van der Waals surface area (Å²) in [6.07, 6.45) is 1.59. The summed E-state index contributed by atoms with van der Waals surface area (Å²) >= 11 is 0. The van der Waals surface area contributed by atoms with Gasteiger partial charge in [0.25, 0.3) is 11.7 Å². The van der Waals surface area contributed by atoms with Gasteiger partial charge in [0, 0.05) is 12.1 Å². The summed E-state index contributed by atoms with van der Waals surface area (Å²) in [6.45, 7) is 8.65. The Labute approximate surface area is 224 Å². The van der Waals surface area contributed by atoms with E-state index >= 15 is 0 Å². The molecule has 1 N–H and O–H groups in total. The molecule has 0 radical (unpaired) electrons. The van der Waals surface area contributed by atoms with Crippen LogP contribution < -0.4 is 9.47 Å². The van der Waals surface area contributed by atoms with Crippen molar-refractivity contribution < 1.29 is 24.2 Å². The maximum Gasteiger partial charge on any atom is 0.295 e. The van der Waals surface area contributed by atoms with Crippen LogP contribution in [0, 0.1) is 6.92 Å². The lowest BCUT2D eigenvalue weighted by Gasteiger charge is -2.25. The molecule has 1 heterocycles. The Balaban J connectivity index is 1.71. The van der Waals surface area contributed by atoms with Crippen LogP contribution in [0.5, 0.6) is 11.5 Å². The van der Waals surface area contributed by atoms with Crippen LogP contribution in [0.4, 0.5) is 0 Å². The van der Waals surface area contributed by atoms with E-state index < -0.39 is 17.7 Å². The molecule has 198 valence electrons. The van der Waals surface area contributed by atoms with Gasteiger partial charge in [0.15, 0.2) is 0 Å². The van der Waals surface area contributed by atoms with E-state index in [0.717, 1.165) is 29.5 Å². The van der Waals surface area contributed by atoms with Crippen LogP contribution in [0.1, 0.15) is 61.9 Å². The number of aliphatic hydroxyl groups is 1. The molecule has 1 saturated heterocycles. The van der Waals surface area contributed by atoms with Crippen molar-refractivity contribution in [2.75, 3.05) is 6.54 Å². The van der Waals surface area contributed by atoms with Gasteiger partial charge in [-0.15, -0.1) is 0 Å². The van der Waals surface area contributed by atoms with Crippen molar-refractivity contribution in [1.29, 1.82) is 0 Å². The molecule has 4 rings (SSSR count). The third-order valence-electron chi connectivity index (χ3n) is 6.52. The van der Waals surface area contributed by atoms with Crippen LogP contribution in [0.2, 0.25) is 0 Å². The Morgan fingerprint density at radius 2 is 1.76 bits per heavy atom. The molecule has 0 aromatic heterocycles. The van der Waals surface area contributed by atoms with E-state index in [1.54, 1.807) is 23.1 Å². The number of aryl methyl sites for hydroxylation is 1. The van der Waals surface area contributed by atoms with E-state index in [9.17, 15) is 14.7 Å². The number of benzene rings is 3. The van der Waals surface area contributed by atoms with Crippen LogP contribution in [0.15, 0.2) is 78.4 Å². The lowest BCUT2D eigenvalue weighted by Crippen LogP contribution is -2.30. The first kappa shape index (κ1) is 27.0. The number of unbranched alkanes of at least 4 members (excludes halogenated alkanes) is 1. The average molecular weight is 514 g/mol. The van der Waals surface area contributed by atoms with Gasteiger partial charge in [-0.25, -0.2) is 0 Å². The molecular weight excluding hydrogens is 478 g/mol. The zero-order chi connectivity index (χ0) is 27.2. The van der Waals surface area contributed by atoms with E-state index in [1.807, 2.05) is 82.3 Å². The van der Waals surface area contributed by atoms with Crippen LogP contribution in [-0.4, -0.2) is 34.3 Å². The number of amides is 1. The number of hydrogen-bond donors (Lipinski definition) is 1. The summed E-state index contributed by atoms with van der Waals surface area (Å²) in [6, 6.07) is 21.8. The molecule has 38 heavy (non-hydrogen) atoms. The minimum atomic E-state index is -0.702. The first-order valence-corrected chi connectivity index (χ1v) is 13.1. The summed E-state index contributed by atoms with van der Waals surface area (Å²) in [7, 11) is 0. The summed E-state index contributed by atoms with van der Waals surface area (Å²) in [5.41, 5.74) is 3.14. The normalized spacial score (nSPS) is 16.8. The summed E-state index contributed by atoms with van der Waals surface area (Å²) in [5, 5.41) is 11.4. The average Bonchev–Trinajstić information content (AvgIpc) is 3.16. The highest BCUT2D eigenvalue weighted by atomic mass is 16.5. The predicted octanol–water partition coefficient (Wildman–Crippen LogP) is 6.58. The van der Waals surface area contributed by atoms with Crippen molar-refractivity contribution in [1.82, 2.24) is 4.90 Å². The molecule has 1 amide bonds. The zero-order valence-corrected chi connectivity index (χ0v) is 22.4. The number of ether oxygens (including phenoxy) is 2. The number of likely N-dealkylation sites (tertiary alicyclic amines) is 1. The van der Waals surface area contributed by atoms with Crippen molar-refractivity contribution in [2.24, 2.45) is 0 Å². The molecule has 0 bridgehead atoms. The summed E-state index contributed by atoms with van der Waals surface area (Å²) < 4.78 is 11.8. The molecule has 6 heteroatoms. The highest BCUT2D eigenvalue weighted by Gasteiger charge is 2.45. The maximum atomic E-state index is 13.3. The van der Waals surface area contributed by atoms with Gasteiger partial charge in [-0.3, -0.25) is 9.59 Å². The first-order chi connectivity index (χ1) is 18.3. The maximum absolute atomic E-state index is 13.3. The first-order valence-electron chi connectivity index (χ1n) is 13.1. The predicted molar refractivity (Wildman–Crippen MR) is 148 cm³/mol. The Hall–Kier alpha value is -4.06. The number of hydrogen-bond acceptors (Lipinski definition) is 5. The molecule has 0 saturated carbocycles. The highest BCUT2D eigenvalue weighted by Crippen LogP contribution is 2.41. The van der Waals surface area contributed by atoms with Gasteiger partial charge in [0.2, 0.25) is 0 Å². The van der Waals surface area contributed by atoms with Gasteiger partial charge in [0.05, 0.1) is 17.7 Å². The largest absolute Gasteiger partial charge is 0.507 e. The molecule has 3 aromatic rings. The van der Waals surface area contributed by atoms with E-state index in [-0.39, 0.29) is 17.4 Å².